The second-order valence-electron chi connectivity index (χ2n) is 32.7. The van der Waals surface area contributed by atoms with Gasteiger partial charge in [0.1, 0.15) is 16.9 Å². The van der Waals surface area contributed by atoms with Gasteiger partial charge in [0.15, 0.2) is 0 Å². The predicted molar refractivity (Wildman–Crippen MR) is 556 cm³/mol. The molecule has 0 saturated heterocycles. The van der Waals surface area contributed by atoms with Gasteiger partial charge < -0.3 is 4.34 Å². The van der Waals surface area contributed by atoms with Crippen molar-refractivity contribution in [1.82, 2.24) is 42.5 Å². The van der Waals surface area contributed by atoms with E-state index in [0.717, 1.165) is 137 Å². The van der Waals surface area contributed by atoms with E-state index in [1.54, 1.807) is 0 Å². The summed E-state index contributed by atoms with van der Waals surface area (Å²) in [5.74, 6) is 0. The maximum atomic E-state index is 7.11. The molecular formula is C113H72N9P3S3. The molecule has 3 unspecified atom stereocenters. The zero-order chi connectivity index (χ0) is 84.9. The van der Waals surface area contributed by atoms with E-state index < -0.39 is 18.3 Å². The minimum absolute atomic E-state index is 0.935. The van der Waals surface area contributed by atoms with Crippen LogP contribution in [0.4, 0.5) is 0 Å². The number of para-hydroxylation sites is 12. The van der Waals surface area contributed by atoms with Crippen LogP contribution in [0.5, 0.6) is 0 Å². The van der Waals surface area contributed by atoms with Gasteiger partial charge in [-0.05, 0) is 168 Å². The Balaban J connectivity index is 0.000000104. The van der Waals surface area contributed by atoms with Crippen LogP contribution in [0.2, 0.25) is 0 Å². The minimum atomic E-state index is -2.73. The lowest BCUT2D eigenvalue weighted by Crippen LogP contribution is -2.26. The summed E-state index contributed by atoms with van der Waals surface area (Å²) in [5.41, 5.74) is 15.7. The molecule has 128 heavy (non-hydrogen) atoms. The second kappa shape index (κ2) is 30.1. The topological polar surface area (TPSA) is 82.6 Å². The molecule has 27 aromatic rings. The lowest BCUT2D eigenvalue weighted by molar-refractivity contribution is 1.31. The highest BCUT2D eigenvalue weighted by Crippen LogP contribution is 2.55. The molecule has 602 valence electrons. The van der Waals surface area contributed by atoms with Gasteiger partial charge in [0.25, 0.3) is 0 Å². The average molecular weight is 1750 g/mol. The monoisotopic (exact) mass is 1740 g/mol. The highest BCUT2D eigenvalue weighted by Gasteiger charge is 2.35. The van der Waals surface area contributed by atoms with Gasteiger partial charge in [-0.25, -0.2) is 15.0 Å². The molecule has 0 N–H and O–H groups in total. The first-order valence-electron chi connectivity index (χ1n) is 42.8. The first-order valence-corrected chi connectivity index (χ1v) is 51.2. The Morgan fingerprint density at radius 3 is 1.06 bits per heavy atom. The zero-order valence-corrected chi connectivity index (χ0v) is 73.8. The fourth-order valence-corrected chi connectivity index (χ4v) is 32.5. The summed E-state index contributed by atoms with van der Waals surface area (Å²) in [6.45, 7) is 0. The second-order valence-corrected chi connectivity index (χ2v) is 45.6. The predicted octanol–water partition coefficient (Wildman–Crippen LogP) is 25.3. The number of aromatic nitrogens is 9. The van der Waals surface area contributed by atoms with E-state index in [1.807, 2.05) is 24.7 Å². The van der Waals surface area contributed by atoms with Gasteiger partial charge in [0.05, 0.1) is 72.4 Å². The van der Waals surface area contributed by atoms with E-state index in [4.69, 9.17) is 55.4 Å². The van der Waals surface area contributed by atoms with Crippen LogP contribution in [0.1, 0.15) is 0 Å². The van der Waals surface area contributed by atoms with Gasteiger partial charge in [-0.2, -0.15) is 0 Å². The van der Waals surface area contributed by atoms with Gasteiger partial charge in [0, 0.05) is 106 Å². The quantitative estimate of drug-likeness (QED) is 0.104. The first kappa shape index (κ1) is 75.9. The van der Waals surface area contributed by atoms with E-state index in [0.29, 0.717) is 0 Å². The molecule has 9 nitrogen and oxygen atoms in total. The fourth-order valence-electron chi connectivity index (χ4n) is 20.2. The van der Waals surface area contributed by atoms with Crippen molar-refractivity contribution >= 4 is 276 Å². The van der Waals surface area contributed by atoms with Crippen LogP contribution in [0, 0.1) is 0 Å². The molecule has 27 rings (SSSR count). The van der Waals surface area contributed by atoms with Crippen LogP contribution in [-0.2, 0) is 35.4 Å². The lowest BCUT2D eigenvalue weighted by atomic mass is 10.0. The van der Waals surface area contributed by atoms with Gasteiger partial charge in [-0.15, -0.1) is 0 Å². The van der Waals surface area contributed by atoms with Crippen molar-refractivity contribution in [3.63, 3.8) is 0 Å². The number of hydrogen-bond acceptors (Lipinski definition) is 8. The number of pyridine rings is 5. The molecular weight excluding hydrogens is 1670 g/mol. The van der Waals surface area contributed by atoms with Crippen LogP contribution in [0.3, 0.4) is 0 Å². The highest BCUT2D eigenvalue weighted by atomic mass is 32.4. The van der Waals surface area contributed by atoms with Gasteiger partial charge in [-0.1, -0.05) is 351 Å². The lowest BCUT2D eigenvalue weighted by Gasteiger charge is -2.28. The summed E-state index contributed by atoms with van der Waals surface area (Å²) in [6.07, 6.45) is 3.01. The van der Waals surface area contributed by atoms with Crippen LogP contribution in [0.15, 0.2) is 437 Å². The smallest absolute Gasteiger partial charge is 0.147 e. The SMILES string of the molecule is S=P(c1ccc2ccccc2c1)(c1cnc2ccccc2c1)c1cccc2c3ccccc3n3c4ccccc4nc3c12.S=P(c1ccccc1)(c1ccc2ccc3ccccc3c2c1)c1cccc2c3ccccc3n3c4ccccc4nc3c12.S=P(c1ccncc1)(c1cccc2c3ccccc3n3c4ccccc4nc3c12)n1c2ccccc2c2ccccc21. The molecule has 0 radical (unpaired) electrons. The molecule has 0 aliphatic heterocycles. The molecule has 3 atom stereocenters. The summed E-state index contributed by atoms with van der Waals surface area (Å²) in [7, 11) is 0. The molecule has 0 amide bonds. The molecule has 0 aliphatic rings. The number of imidazole rings is 3. The molecule has 15 heteroatoms. The minimum Gasteiger partial charge on any atom is -0.304 e. The van der Waals surface area contributed by atoms with Crippen molar-refractivity contribution < 1.29 is 0 Å². The standard InChI is InChI=1S/C39H25N2PS.C38H24N3PS.C36H23N4PS/c43-42(28-12-2-1-3-13-28,29-24-23-27-22-21-26-11-4-5-14-30(26)33(27)25-29)37-20-10-16-32-31-15-6-8-18-35(31)41-36-19-9-7-17-34(36)40-39(41)38(32)37;43-42(28-21-20-25-10-1-2-11-26(25)22-28,29-23-27-12-3-5-15-32(27)39-24-29)36-19-9-14-31-30-13-4-7-17-34(30)41-35-18-8-6-16-33(35)40-38(41)37(31)36;42-41(24-20-22-37-23-21-24,40-31-16-6-2-10-25(31)26-11-3-7-17-32(26)40)34-19-9-13-28-27-12-1-5-15-30(27)39-33-18-8-4-14-29(33)38-36(39)35(28)34/h1-25H;1-24H;1-23H. The van der Waals surface area contributed by atoms with Crippen LogP contribution in [-0.4, -0.2) is 42.5 Å². The number of hydrogen-bond donors (Lipinski definition) is 0. The summed E-state index contributed by atoms with van der Waals surface area (Å²) in [5, 5.41) is 30.4. The fraction of sp³-hybridized carbons (Fsp3) is 0. The van der Waals surface area contributed by atoms with Crippen molar-refractivity contribution in [2.45, 2.75) is 0 Å². The highest BCUT2D eigenvalue weighted by molar-refractivity contribution is 8.26. The maximum absolute atomic E-state index is 7.11. The molecule has 9 heterocycles. The van der Waals surface area contributed by atoms with Gasteiger partial charge >= 0.3 is 0 Å². The molecule has 0 fully saturated rings. The zero-order valence-electron chi connectivity index (χ0n) is 68.7. The molecule has 18 aromatic carbocycles. The Morgan fingerprint density at radius 1 is 0.211 bits per heavy atom. The van der Waals surface area contributed by atoms with Crippen molar-refractivity contribution in [3.05, 3.63) is 437 Å². The number of fused-ring (bicyclic) bond motifs is 32. The van der Waals surface area contributed by atoms with Crippen LogP contribution >= 0.6 is 18.3 Å². The summed E-state index contributed by atoms with van der Waals surface area (Å²) in [4.78, 5) is 25.1. The van der Waals surface area contributed by atoms with E-state index in [9.17, 15) is 0 Å². The Kier molecular flexibility index (Phi) is 17.9. The third-order valence-corrected chi connectivity index (χ3v) is 40.4. The summed E-state index contributed by atoms with van der Waals surface area (Å²) >= 11 is 21.2. The third kappa shape index (κ3) is 11.6. The van der Waals surface area contributed by atoms with Gasteiger partial charge in [-0.3, -0.25) is 23.2 Å². The average Bonchev–Trinajstić information content (AvgIpc) is 1.50. The molecule has 0 aliphatic carbocycles. The molecule has 9 aromatic heterocycles. The van der Waals surface area contributed by atoms with E-state index in [2.05, 4.69) is 435 Å². The third-order valence-electron chi connectivity index (χ3n) is 25.9. The van der Waals surface area contributed by atoms with Crippen molar-refractivity contribution in [1.29, 1.82) is 0 Å². The van der Waals surface area contributed by atoms with Crippen LogP contribution in [0.25, 0.3) is 180 Å². The van der Waals surface area contributed by atoms with Crippen molar-refractivity contribution in [2.24, 2.45) is 0 Å². The first-order chi connectivity index (χ1) is 63.2. The molecule has 0 saturated carbocycles. The van der Waals surface area contributed by atoms with Gasteiger partial charge in [0.2, 0.25) is 0 Å². The van der Waals surface area contributed by atoms with E-state index in [1.165, 1.54) is 85.9 Å². The van der Waals surface area contributed by atoms with Crippen LogP contribution < -0.4 is 42.4 Å². The number of nitrogens with zero attached hydrogens (tertiary/aromatic N) is 9. The van der Waals surface area contributed by atoms with Crippen molar-refractivity contribution in [2.75, 3.05) is 0 Å². The molecule has 0 bridgehead atoms. The number of benzene rings is 18. The number of rotatable bonds is 9. The normalized spacial score (nSPS) is 13.4. The Morgan fingerprint density at radius 2 is 0.555 bits per heavy atom. The largest absolute Gasteiger partial charge is 0.304 e. The molecule has 0 spiro atoms. The summed E-state index contributed by atoms with van der Waals surface area (Å²) < 4.78 is 9.41. The maximum Gasteiger partial charge on any atom is 0.147 e. The van der Waals surface area contributed by atoms with E-state index in [-0.39, 0.29) is 0 Å². The Hall–Kier alpha value is -14.5. The van der Waals surface area contributed by atoms with E-state index >= 15 is 0 Å². The van der Waals surface area contributed by atoms with Crippen molar-refractivity contribution in [3.8, 4) is 0 Å². The Labute approximate surface area is 749 Å². The summed E-state index contributed by atoms with van der Waals surface area (Å²) in [6, 6.07) is 144. The Bertz CT molecular complexity index is 9380.